The number of benzene rings is 1. The molecule has 0 aliphatic heterocycles. The van der Waals surface area contributed by atoms with E-state index in [2.05, 4.69) is 6.92 Å². The van der Waals surface area contributed by atoms with E-state index in [1.807, 2.05) is 0 Å². The first-order chi connectivity index (χ1) is 10.3. The van der Waals surface area contributed by atoms with Gasteiger partial charge in [0.2, 0.25) is 0 Å². The Morgan fingerprint density at radius 3 is 2.00 bits per heavy atom. The highest BCUT2D eigenvalue weighted by Gasteiger charge is 2.35. The molecule has 0 aromatic heterocycles. The lowest BCUT2D eigenvalue weighted by molar-refractivity contribution is -0.326. The van der Waals surface area contributed by atoms with Gasteiger partial charge in [-0.15, -0.1) is 0 Å². The van der Waals surface area contributed by atoms with E-state index in [0.29, 0.717) is 18.6 Å². The van der Waals surface area contributed by atoms with E-state index >= 15 is 0 Å². The first kappa shape index (κ1) is 18.9. The van der Waals surface area contributed by atoms with Gasteiger partial charge in [-0.2, -0.15) is 0 Å². The van der Waals surface area contributed by atoms with Crippen molar-refractivity contribution in [2.24, 2.45) is 0 Å². The molecule has 1 unspecified atom stereocenters. The van der Waals surface area contributed by atoms with Crippen LogP contribution in [0.1, 0.15) is 63.4 Å². The maximum atomic E-state index is 13.7. The second kappa shape index (κ2) is 8.50. The Morgan fingerprint density at radius 1 is 0.864 bits per heavy atom. The van der Waals surface area contributed by atoms with Crippen LogP contribution < -0.4 is 0 Å². The summed E-state index contributed by atoms with van der Waals surface area (Å²) in [6.07, 6.45) is 5.52. The maximum Gasteiger partial charge on any atom is 0.282 e. The van der Waals surface area contributed by atoms with Gasteiger partial charge in [0.25, 0.3) is 5.97 Å². The minimum atomic E-state index is -3.19. The molecule has 0 bridgehead atoms. The van der Waals surface area contributed by atoms with Crippen LogP contribution in [0.15, 0.2) is 12.1 Å². The molecule has 0 saturated carbocycles. The fourth-order valence-corrected chi connectivity index (χ4v) is 2.49. The largest absolute Gasteiger partial charge is 0.343 e. The summed E-state index contributed by atoms with van der Waals surface area (Å²) in [6, 6.07) is 0.897. The van der Waals surface area contributed by atoms with Crippen LogP contribution in [0.2, 0.25) is 0 Å². The maximum absolute atomic E-state index is 13.7. The van der Waals surface area contributed by atoms with Crippen molar-refractivity contribution >= 4 is 0 Å². The van der Waals surface area contributed by atoms with Crippen LogP contribution >= 0.6 is 0 Å². The van der Waals surface area contributed by atoms with E-state index in [1.165, 1.54) is 0 Å². The molecule has 3 N–H and O–H groups in total. The summed E-state index contributed by atoms with van der Waals surface area (Å²) < 4.78 is 39.9. The normalized spacial score (nSPS) is 13.4. The van der Waals surface area contributed by atoms with Crippen molar-refractivity contribution in [3.8, 4) is 0 Å². The molecule has 1 aromatic rings. The number of aliphatic hydroxyl groups is 3. The van der Waals surface area contributed by atoms with E-state index in [9.17, 15) is 28.5 Å². The third-order valence-electron chi connectivity index (χ3n) is 3.73. The van der Waals surface area contributed by atoms with Crippen LogP contribution in [0, 0.1) is 17.5 Å². The Balaban J connectivity index is 2.76. The zero-order chi connectivity index (χ0) is 16.8. The Labute approximate surface area is 128 Å². The highest BCUT2D eigenvalue weighted by atomic mass is 19.2. The summed E-state index contributed by atoms with van der Waals surface area (Å²) >= 11 is 0. The van der Waals surface area contributed by atoms with Crippen molar-refractivity contribution in [3.05, 3.63) is 35.1 Å². The quantitative estimate of drug-likeness (QED) is 0.370. The van der Waals surface area contributed by atoms with Crippen molar-refractivity contribution in [1.29, 1.82) is 0 Å². The highest BCUT2D eigenvalue weighted by Crippen LogP contribution is 2.33. The van der Waals surface area contributed by atoms with Crippen LogP contribution in [-0.2, 0) is 0 Å². The van der Waals surface area contributed by atoms with Crippen LogP contribution in [0.4, 0.5) is 13.2 Å². The summed E-state index contributed by atoms with van der Waals surface area (Å²) in [4.78, 5) is 0. The number of halogens is 3. The lowest BCUT2D eigenvalue weighted by Gasteiger charge is -2.27. The van der Waals surface area contributed by atoms with Crippen molar-refractivity contribution in [1.82, 2.24) is 0 Å². The number of hydrogen-bond donors (Lipinski definition) is 3. The number of hydrogen-bond acceptors (Lipinski definition) is 3. The average molecular weight is 320 g/mol. The van der Waals surface area contributed by atoms with Crippen molar-refractivity contribution in [3.63, 3.8) is 0 Å². The Bertz CT molecular complexity index is 472. The van der Waals surface area contributed by atoms with E-state index < -0.39 is 34.9 Å². The van der Waals surface area contributed by atoms with Gasteiger partial charge in [0.1, 0.15) is 5.82 Å². The van der Waals surface area contributed by atoms with Gasteiger partial charge in [0, 0.05) is 11.6 Å². The Hall–Kier alpha value is -1.11. The molecule has 0 aliphatic rings. The fraction of sp³-hybridized carbons (Fsp3) is 0.625. The van der Waals surface area contributed by atoms with Crippen LogP contribution in [-0.4, -0.2) is 21.3 Å². The van der Waals surface area contributed by atoms with E-state index in [1.54, 1.807) is 0 Å². The summed E-state index contributed by atoms with van der Waals surface area (Å²) in [6.45, 7) is 2.08. The molecule has 0 fully saturated rings. The van der Waals surface area contributed by atoms with Gasteiger partial charge in [-0.3, -0.25) is 0 Å². The van der Waals surface area contributed by atoms with E-state index in [0.717, 1.165) is 32.1 Å². The van der Waals surface area contributed by atoms with Crippen molar-refractivity contribution in [2.75, 3.05) is 0 Å². The fourth-order valence-electron chi connectivity index (χ4n) is 2.49. The molecule has 1 aromatic carbocycles. The van der Waals surface area contributed by atoms with E-state index in [4.69, 9.17) is 0 Å². The molecule has 0 radical (unpaired) electrons. The molecule has 1 atom stereocenters. The monoisotopic (exact) mass is 320 g/mol. The number of rotatable bonds is 9. The predicted molar refractivity (Wildman–Crippen MR) is 76.4 cm³/mol. The molecular weight excluding hydrogens is 297 g/mol. The predicted octanol–water partition coefficient (Wildman–Crippen LogP) is 3.57. The minimum absolute atomic E-state index is 0.0532. The van der Waals surface area contributed by atoms with Gasteiger partial charge < -0.3 is 15.3 Å². The average Bonchev–Trinajstić information content (AvgIpc) is 2.41. The first-order valence-electron chi connectivity index (χ1n) is 7.59. The molecule has 0 aliphatic carbocycles. The summed E-state index contributed by atoms with van der Waals surface area (Å²) in [5.41, 5.74) is -0.444. The van der Waals surface area contributed by atoms with Gasteiger partial charge in [0.15, 0.2) is 11.6 Å². The van der Waals surface area contributed by atoms with Gasteiger partial charge in [-0.1, -0.05) is 45.4 Å². The van der Waals surface area contributed by atoms with Crippen molar-refractivity contribution in [2.45, 2.75) is 63.8 Å². The molecular formula is C16H23F3O3. The van der Waals surface area contributed by atoms with Crippen LogP contribution in [0.3, 0.4) is 0 Å². The summed E-state index contributed by atoms with van der Waals surface area (Å²) in [5, 5.41) is 28.2. The van der Waals surface area contributed by atoms with Crippen LogP contribution in [0.25, 0.3) is 0 Å². The topological polar surface area (TPSA) is 60.7 Å². The smallest absolute Gasteiger partial charge is 0.282 e. The standard InChI is InChI=1S/C16H23F3O3/c1-2-3-4-5-6-7-8-12(16(20,21)22)11-9-14(18)15(19)10-13(11)17/h9-10,12,20-22H,2-8H2,1H3. The minimum Gasteiger partial charge on any atom is -0.343 e. The summed E-state index contributed by atoms with van der Waals surface area (Å²) in [7, 11) is 0. The zero-order valence-electron chi connectivity index (χ0n) is 12.7. The van der Waals surface area contributed by atoms with Crippen LogP contribution in [0.5, 0.6) is 0 Å². The van der Waals surface area contributed by atoms with E-state index in [-0.39, 0.29) is 6.42 Å². The van der Waals surface area contributed by atoms with Gasteiger partial charge in [-0.05, 0) is 12.5 Å². The molecule has 0 amide bonds. The van der Waals surface area contributed by atoms with Gasteiger partial charge >= 0.3 is 0 Å². The molecule has 6 heteroatoms. The van der Waals surface area contributed by atoms with Gasteiger partial charge in [-0.25, -0.2) is 13.2 Å². The molecule has 3 nitrogen and oxygen atoms in total. The lowest BCUT2D eigenvalue weighted by Crippen LogP contribution is -2.36. The second-order valence-corrected chi connectivity index (χ2v) is 5.58. The van der Waals surface area contributed by atoms with Gasteiger partial charge in [0.05, 0.1) is 5.92 Å². The molecule has 1 rings (SSSR count). The molecule has 0 spiro atoms. The third kappa shape index (κ3) is 5.59. The highest BCUT2D eigenvalue weighted by molar-refractivity contribution is 5.25. The third-order valence-corrected chi connectivity index (χ3v) is 3.73. The molecule has 0 saturated heterocycles. The second-order valence-electron chi connectivity index (χ2n) is 5.58. The molecule has 0 heterocycles. The zero-order valence-corrected chi connectivity index (χ0v) is 12.7. The Morgan fingerprint density at radius 2 is 1.41 bits per heavy atom. The Kier molecular flexibility index (Phi) is 7.32. The number of unbranched alkanes of at least 4 members (excludes halogenated alkanes) is 5. The molecule has 22 heavy (non-hydrogen) atoms. The van der Waals surface area contributed by atoms with Crippen molar-refractivity contribution < 1.29 is 28.5 Å². The summed E-state index contributed by atoms with van der Waals surface area (Å²) in [5.74, 6) is -8.40. The molecule has 126 valence electrons. The lowest BCUT2D eigenvalue weighted by atomic mass is 9.90. The SMILES string of the molecule is CCCCCCCCC(c1cc(F)c(F)cc1F)C(O)(O)O. The first-order valence-corrected chi connectivity index (χ1v) is 7.59.